The number of aromatic nitrogens is 1. The highest BCUT2D eigenvalue weighted by atomic mass is 19.1. The molecule has 0 bridgehead atoms. The van der Waals surface area contributed by atoms with Gasteiger partial charge < -0.3 is 15.5 Å². The fraction of sp³-hybridized carbons (Fsp3) is 0.455. The number of unbranched alkanes of at least 4 members (excludes halogenated alkanes) is 2. The van der Waals surface area contributed by atoms with Crippen molar-refractivity contribution in [1.82, 2.24) is 4.98 Å². The molecule has 0 aliphatic rings. The smallest absolute Gasteiger partial charge is 0.339 e. The molecule has 0 radical (unpaired) electrons. The number of hydrogen-bond donors (Lipinski definition) is 3. The van der Waals surface area contributed by atoms with Gasteiger partial charge in [0.15, 0.2) is 0 Å². The number of carboxylic acids is 1. The first-order valence-electron chi connectivity index (χ1n) is 5.38. The lowest BCUT2D eigenvalue weighted by Crippen LogP contribution is -2.10. The maximum atomic E-state index is 12.8. The fourth-order valence-corrected chi connectivity index (χ4v) is 1.36. The minimum Gasteiger partial charge on any atom is -0.478 e. The van der Waals surface area contributed by atoms with Gasteiger partial charge in [-0.3, -0.25) is 0 Å². The largest absolute Gasteiger partial charge is 0.478 e. The lowest BCUT2D eigenvalue weighted by molar-refractivity contribution is 0.0697. The average Bonchev–Trinajstić information content (AvgIpc) is 2.30. The molecule has 5 nitrogen and oxygen atoms in total. The van der Waals surface area contributed by atoms with Gasteiger partial charge in [0.2, 0.25) is 0 Å². The highest BCUT2D eigenvalue weighted by Gasteiger charge is 2.12. The van der Waals surface area contributed by atoms with E-state index >= 15 is 0 Å². The predicted octanol–water partition coefficient (Wildman–Crippen LogP) is 1.49. The van der Waals surface area contributed by atoms with Crippen molar-refractivity contribution in [3.8, 4) is 0 Å². The van der Waals surface area contributed by atoms with Crippen molar-refractivity contribution in [3.63, 3.8) is 0 Å². The zero-order valence-corrected chi connectivity index (χ0v) is 9.32. The van der Waals surface area contributed by atoms with E-state index in [-0.39, 0.29) is 18.0 Å². The van der Waals surface area contributed by atoms with Crippen LogP contribution in [-0.4, -0.2) is 34.3 Å². The van der Waals surface area contributed by atoms with E-state index in [1.807, 2.05) is 0 Å². The molecule has 0 aromatic carbocycles. The fourth-order valence-electron chi connectivity index (χ4n) is 1.36. The minimum absolute atomic E-state index is 0.148. The summed E-state index contributed by atoms with van der Waals surface area (Å²) in [5.74, 6) is -1.72. The molecule has 0 aliphatic carbocycles. The van der Waals surface area contributed by atoms with Crippen molar-refractivity contribution in [3.05, 3.63) is 23.6 Å². The number of aliphatic hydroxyl groups is 1. The number of aromatic carboxylic acids is 1. The molecule has 0 atom stereocenters. The third-order valence-electron chi connectivity index (χ3n) is 2.21. The second kappa shape index (κ2) is 6.80. The third-order valence-corrected chi connectivity index (χ3v) is 2.21. The monoisotopic (exact) mass is 242 g/mol. The van der Waals surface area contributed by atoms with Gasteiger partial charge in [0.25, 0.3) is 0 Å². The van der Waals surface area contributed by atoms with Gasteiger partial charge in [-0.25, -0.2) is 14.2 Å². The summed E-state index contributed by atoms with van der Waals surface area (Å²) in [7, 11) is 0. The maximum absolute atomic E-state index is 12.8. The number of nitrogens with zero attached hydrogens (tertiary/aromatic N) is 1. The van der Waals surface area contributed by atoms with E-state index in [2.05, 4.69) is 10.3 Å². The zero-order chi connectivity index (χ0) is 12.7. The van der Waals surface area contributed by atoms with Crippen LogP contribution in [0, 0.1) is 5.82 Å². The van der Waals surface area contributed by atoms with Crippen molar-refractivity contribution < 1.29 is 19.4 Å². The van der Waals surface area contributed by atoms with Crippen LogP contribution in [0.5, 0.6) is 0 Å². The van der Waals surface area contributed by atoms with E-state index < -0.39 is 11.8 Å². The summed E-state index contributed by atoms with van der Waals surface area (Å²) in [6, 6.07) is 0.936. The van der Waals surface area contributed by atoms with Gasteiger partial charge in [-0.1, -0.05) is 0 Å². The Balaban J connectivity index is 2.55. The van der Waals surface area contributed by atoms with Gasteiger partial charge in [-0.2, -0.15) is 0 Å². The van der Waals surface area contributed by atoms with E-state index in [0.29, 0.717) is 13.0 Å². The Hall–Kier alpha value is -1.69. The van der Waals surface area contributed by atoms with Crippen LogP contribution in [0.2, 0.25) is 0 Å². The van der Waals surface area contributed by atoms with E-state index in [0.717, 1.165) is 25.1 Å². The molecule has 0 unspecified atom stereocenters. The van der Waals surface area contributed by atoms with Gasteiger partial charge in [0.05, 0.1) is 6.20 Å². The number of hydrogen-bond acceptors (Lipinski definition) is 4. The summed E-state index contributed by atoms with van der Waals surface area (Å²) in [5, 5.41) is 20.3. The SMILES string of the molecule is O=C(O)c1cc(F)cnc1NCCCCCO. The van der Waals surface area contributed by atoms with E-state index in [1.165, 1.54) is 0 Å². The minimum atomic E-state index is -1.21. The van der Waals surface area contributed by atoms with Gasteiger partial charge >= 0.3 is 5.97 Å². The Morgan fingerprint density at radius 1 is 1.41 bits per heavy atom. The molecule has 1 aromatic rings. The van der Waals surface area contributed by atoms with Crippen LogP contribution in [-0.2, 0) is 0 Å². The maximum Gasteiger partial charge on any atom is 0.339 e. The molecule has 1 aromatic heterocycles. The van der Waals surface area contributed by atoms with Crippen LogP contribution in [0.3, 0.4) is 0 Å². The first-order valence-corrected chi connectivity index (χ1v) is 5.38. The molecule has 0 saturated heterocycles. The number of pyridine rings is 1. The Morgan fingerprint density at radius 2 is 2.18 bits per heavy atom. The summed E-state index contributed by atoms with van der Waals surface area (Å²) in [5.41, 5.74) is -0.174. The third kappa shape index (κ3) is 4.36. The molecule has 3 N–H and O–H groups in total. The molecular formula is C11H15FN2O3. The molecule has 1 heterocycles. The highest BCUT2D eigenvalue weighted by Crippen LogP contribution is 2.13. The van der Waals surface area contributed by atoms with Crippen molar-refractivity contribution in [1.29, 1.82) is 0 Å². The molecule has 1 rings (SSSR count). The number of carboxylic acid groups (broad SMARTS) is 1. The van der Waals surface area contributed by atoms with Gasteiger partial charge in [0.1, 0.15) is 17.2 Å². The molecule has 94 valence electrons. The van der Waals surface area contributed by atoms with Gasteiger partial charge in [-0.15, -0.1) is 0 Å². The Labute approximate surface area is 98.3 Å². The van der Waals surface area contributed by atoms with Crippen LogP contribution in [0.4, 0.5) is 10.2 Å². The quantitative estimate of drug-likeness (QED) is 0.631. The van der Waals surface area contributed by atoms with Crippen LogP contribution in [0.15, 0.2) is 12.3 Å². The molecule has 0 saturated carbocycles. The number of carbonyl (C=O) groups is 1. The Morgan fingerprint density at radius 3 is 2.82 bits per heavy atom. The number of aliphatic hydroxyl groups excluding tert-OH is 1. The van der Waals surface area contributed by atoms with Crippen molar-refractivity contribution in [2.75, 3.05) is 18.5 Å². The average molecular weight is 242 g/mol. The molecule has 0 fully saturated rings. The first kappa shape index (κ1) is 13.4. The molecule has 6 heteroatoms. The second-order valence-corrected chi connectivity index (χ2v) is 3.57. The standard InChI is InChI=1S/C11H15FN2O3/c12-8-6-9(11(16)17)10(14-7-8)13-4-2-1-3-5-15/h6-7,15H,1-5H2,(H,13,14)(H,16,17). The van der Waals surface area contributed by atoms with Gasteiger partial charge in [0, 0.05) is 13.2 Å². The van der Waals surface area contributed by atoms with Crippen LogP contribution < -0.4 is 5.32 Å². The van der Waals surface area contributed by atoms with E-state index in [9.17, 15) is 9.18 Å². The zero-order valence-electron chi connectivity index (χ0n) is 9.32. The van der Waals surface area contributed by atoms with Crippen LogP contribution in [0.1, 0.15) is 29.6 Å². The number of anilines is 1. The molecule has 0 amide bonds. The summed E-state index contributed by atoms with van der Waals surface area (Å²) >= 11 is 0. The molecular weight excluding hydrogens is 227 g/mol. The first-order chi connectivity index (χ1) is 8.15. The number of halogens is 1. The normalized spacial score (nSPS) is 10.2. The highest BCUT2D eigenvalue weighted by molar-refractivity contribution is 5.93. The molecule has 0 aliphatic heterocycles. The Kier molecular flexibility index (Phi) is 5.35. The Bertz CT molecular complexity index is 385. The summed E-state index contributed by atoms with van der Waals surface area (Å²) < 4.78 is 12.8. The molecule has 17 heavy (non-hydrogen) atoms. The topological polar surface area (TPSA) is 82.5 Å². The summed E-state index contributed by atoms with van der Waals surface area (Å²) in [6.45, 7) is 0.689. The lowest BCUT2D eigenvalue weighted by atomic mass is 10.2. The predicted molar refractivity (Wildman–Crippen MR) is 60.6 cm³/mol. The number of rotatable bonds is 7. The van der Waals surface area contributed by atoms with E-state index in [4.69, 9.17) is 10.2 Å². The summed E-state index contributed by atoms with van der Waals surface area (Å²) in [6.07, 6.45) is 3.32. The molecule has 0 spiro atoms. The van der Waals surface area contributed by atoms with E-state index in [1.54, 1.807) is 0 Å². The van der Waals surface area contributed by atoms with Gasteiger partial charge in [-0.05, 0) is 25.3 Å². The van der Waals surface area contributed by atoms with Crippen LogP contribution >= 0.6 is 0 Å². The summed E-state index contributed by atoms with van der Waals surface area (Å²) in [4.78, 5) is 14.5. The van der Waals surface area contributed by atoms with Crippen molar-refractivity contribution >= 4 is 11.8 Å². The van der Waals surface area contributed by atoms with Crippen molar-refractivity contribution in [2.24, 2.45) is 0 Å². The number of nitrogens with one attached hydrogen (secondary N) is 1. The van der Waals surface area contributed by atoms with Crippen LogP contribution in [0.25, 0.3) is 0 Å². The second-order valence-electron chi connectivity index (χ2n) is 3.57. The lowest BCUT2D eigenvalue weighted by Gasteiger charge is -2.08. The van der Waals surface area contributed by atoms with Crippen molar-refractivity contribution in [2.45, 2.75) is 19.3 Å².